The number of halogens is 1. The average Bonchev–Trinajstić information content (AvgIpc) is 3.39. The Hall–Kier alpha value is -2.93. The number of hydrogen-bond acceptors (Lipinski definition) is 5. The third kappa shape index (κ3) is 4.10. The van der Waals surface area contributed by atoms with Crippen LogP contribution in [0.4, 0.5) is 5.95 Å². The Morgan fingerprint density at radius 1 is 1.31 bits per heavy atom. The Kier molecular flexibility index (Phi) is 5.49. The first-order valence-electron chi connectivity index (χ1n) is 9.60. The molecular weight excluding hydrogens is 388 g/mol. The Morgan fingerprint density at radius 3 is 2.90 bits per heavy atom. The summed E-state index contributed by atoms with van der Waals surface area (Å²) in [5, 5.41) is 4.82. The monoisotopic (exact) mass is 410 g/mol. The van der Waals surface area contributed by atoms with E-state index in [4.69, 9.17) is 16.6 Å². The number of rotatable bonds is 5. The lowest BCUT2D eigenvalue weighted by Gasteiger charge is -2.27. The molecule has 2 aromatic heterocycles. The Labute approximate surface area is 174 Å². The van der Waals surface area contributed by atoms with Crippen LogP contribution in [0.2, 0.25) is 5.02 Å². The van der Waals surface area contributed by atoms with E-state index in [1.54, 1.807) is 17.1 Å². The number of benzene rings is 1. The summed E-state index contributed by atoms with van der Waals surface area (Å²) < 4.78 is 1.65. The maximum absolute atomic E-state index is 13.0. The highest BCUT2D eigenvalue weighted by atomic mass is 35.5. The van der Waals surface area contributed by atoms with Gasteiger partial charge in [0.1, 0.15) is 6.54 Å². The number of aromatic nitrogens is 4. The highest BCUT2D eigenvalue weighted by Crippen LogP contribution is 2.37. The van der Waals surface area contributed by atoms with Crippen molar-refractivity contribution in [1.29, 1.82) is 0 Å². The molecule has 150 valence electrons. The van der Waals surface area contributed by atoms with Crippen molar-refractivity contribution in [3.05, 3.63) is 59.6 Å². The number of likely N-dealkylation sites (tertiary alicyclic amines) is 1. The van der Waals surface area contributed by atoms with Gasteiger partial charge in [-0.3, -0.25) is 9.48 Å². The van der Waals surface area contributed by atoms with E-state index in [0.29, 0.717) is 17.5 Å². The van der Waals surface area contributed by atoms with Crippen LogP contribution in [0.3, 0.4) is 0 Å². The van der Waals surface area contributed by atoms with E-state index in [1.807, 2.05) is 60.4 Å². The lowest BCUT2D eigenvalue weighted by Crippen LogP contribution is -2.34. The first-order chi connectivity index (χ1) is 14.0. The summed E-state index contributed by atoms with van der Waals surface area (Å²) >= 11 is 6.22. The molecule has 0 aliphatic carbocycles. The van der Waals surface area contributed by atoms with Gasteiger partial charge < -0.3 is 9.80 Å². The Bertz CT molecular complexity index is 1000. The maximum Gasteiger partial charge on any atom is 0.244 e. The second kappa shape index (κ2) is 8.21. The van der Waals surface area contributed by atoms with E-state index in [1.165, 1.54) is 0 Å². The molecule has 8 heteroatoms. The van der Waals surface area contributed by atoms with Crippen LogP contribution in [0.1, 0.15) is 24.6 Å². The van der Waals surface area contributed by atoms with Gasteiger partial charge in [-0.1, -0.05) is 23.7 Å². The predicted octanol–water partition coefficient (Wildman–Crippen LogP) is 3.42. The molecule has 0 saturated carbocycles. The first-order valence-corrected chi connectivity index (χ1v) is 9.98. The van der Waals surface area contributed by atoms with Crippen molar-refractivity contribution in [2.24, 2.45) is 0 Å². The van der Waals surface area contributed by atoms with Crippen LogP contribution in [0.15, 0.2) is 48.9 Å². The Morgan fingerprint density at radius 2 is 2.17 bits per heavy atom. The van der Waals surface area contributed by atoms with E-state index in [2.05, 4.69) is 10.1 Å². The van der Waals surface area contributed by atoms with Gasteiger partial charge in [-0.05, 0) is 36.6 Å². The molecule has 1 atom stereocenters. The molecule has 7 nitrogen and oxygen atoms in total. The highest BCUT2D eigenvalue weighted by molar-refractivity contribution is 6.30. The molecule has 1 amide bonds. The van der Waals surface area contributed by atoms with Crippen LogP contribution < -0.4 is 4.90 Å². The second-order valence-electron chi connectivity index (χ2n) is 7.32. The summed E-state index contributed by atoms with van der Waals surface area (Å²) in [4.78, 5) is 26.1. The lowest BCUT2D eigenvalue weighted by molar-refractivity contribution is -0.133. The summed E-state index contributed by atoms with van der Waals surface area (Å²) in [5.74, 6) is 0.662. The summed E-state index contributed by atoms with van der Waals surface area (Å²) in [5.41, 5.74) is 2.71. The topological polar surface area (TPSA) is 67.2 Å². The van der Waals surface area contributed by atoms with Gasteiger partial charge in [0.15, 0.2) is 0 Å². The van der Waals surface area contributed by atoms with Crippen molar-refractivity contribution in [3.63, 3.8) is 0 Å². The van der Waals surface area contributed by atoms with Crippen LogP contribution in [-0.4, -0.2) is 51.2 Å². The number of hydrogen-bond donors (Lipinski definition) is 0. The summed E-state index contributed by atoms with van der Waals surface area (Å²) in [7, 11) is 3.82. The molecule has 3 aromatic rings. The van der Waals surface area contributed by atoms with Crippen molar-refractivity contribution in [2.45, 2.75) is 25.4 Å². The van der Waals surface area contributed by atoms with E-state index in [0.717, 1.165) is 29.7 Å². The molecule has 0 unspecified atom stereocenters. The van der Waals surface area contributed by atoms with Crippen molar-refractivity contribution in [1.82, 2.24) is 24.6 Å². The quantitative estimate of drug-likeness (QED) is 0.644. The first kappa shape index (κ1) is 19.4. The molecule has 3 heterocycles. The molecule has 4 rings (SSSR count). The van der Waals surface area contributed by atoms with Crippen LogP contribution in [-0.2, 0) is 11.3 Å². The standard InChI is InChI=1S/C21H23ClN6O/c1-26(2)21-23-13-17(15-6-3-7-16(22)12-15)20(25-21)18-8-4-11-28(18)19(29)14-27-10-5-9-24-27/h3,5-7,9-10,12-13,18H,4,8,11,14H2,1-2H3/t18-/m0/s1. The van der Waals surface area contributed by atoms with Crippen LogP contribution in [0.5, 0.6) is 0 Å². The van der Waals surface area contributed by atoms with Crippen molar-refractivity contribution < 1.29 is 4.79 Å². The van der Waals surface area contributed by atoms with E-state index >= 15 is 0 Å². The van der Waals surface area contributed by atoms with Crippen molar-refractivity contribution in [3.8, 4) is 11.1 Å². The van der Waals surface area contributed by atoms with Gasteiger partial charge in [0.05, 0.1) is 11.7 Å². The predicted molar refractivity (Wildman–Crippen MR) is 113 cm³/mol. The van der Waals surface area contributed by atoms with Gasteiger partial charge in [0.25, 0.3) is 0 Å². The minimum Gasteiger partial charge on any atom is -0.347 e. The SMILES string of the molecule is CN(C)c1ncc(-c2cccc(Cl)c2)c([C@@H]2CCCN2C(=O)Cn2cccn2)n1. The number of anilines is 1. The summed E-state index contributed by atoms with van der Waals surface area (Å²) in [6, 6.07) is 9.37. The molecule has 1 fully saturated rings. The maximum atomic E-state index is 13.0. The van der Waals surface area contributed by atoms with E-state index in [9.17, 15) is 4.79 Å². The minimum absolute atomic E-state index is 0.0401. The molecule has 29 heavy (non-hydrogen) atoms. The fourth-order valence-corrected chi connectivity index (χ4v) is 3.90. The highest BCUT2D eigenvalue weighted by Gasteiger charge is 2.33. The van der Waals surface area contributed by atoms with Crippen LogP contribution in [0, 0.1) is 0 Å². The molecule has 1 aliphatic heterocycles. The zero-order valence-electron chi connectivity index (χ0n) is 16.5. The number of amides is 1. The Balaban J connectivity index is 1.73. The van der Waals surface area contributed by atoms with Crippen LogP contribution >= 0.6 is 11.6 Å². The zero-order chi connectivity index (χ0) is 20.4. The number of carbonyl (C=O) groups is 1. The largest absolute Gasteiger partial charge is 0.347 e. The molecule has 0 N–H and O–H groups in total. The van der Waals surface area contributed by atoms with Gasteiger partial charge in [-0.25, -0.2) is 9.97 Å². The molecule has 1 aromatic carbocycles. The van der Waals surface area contributed by atoms with Gasteiger partial charge >= 0.3 is 0 Å². The van der Waals surface area contributed by atoms with Gasteiger partial charge in [0, 0.05) is 49.8 Å². The van der Waals surface area contributed by atoms with E-state index < -0.39 is 0 Å². The molecule has 0 radical (unpaired) electrons. The third-order valence-corrected chi connectivity index (χ3v) is 5.32. The molecule has 0 spiro atoms. The van der Waals surface area contributed by atoms with Gasteiger partial charge in [-0.2, -0.15) is 5.10 Å². The average molecular weight is 411 g/mol. The molecule has 0 bridgehead atoms. The van der Waals surface area contributed by atoms with Crippen molar-refractivity contribution >= 4 is 23.5 Å². The molecule has 1 aliphatic rings. The summed E-state index contributed by atoms with van der Waals surface area (Å²) in [6.07, 6.45) is 7.11. The number of carbonyl (C=O) groups excluding carboxylic acids is 1. The van der Waals surface area contributed by atoms with Crippen molar-refractivity contribution in [2.75, 3.05) is 25.5 Å². The third-order valence-electron chi connectivity index (χ3n) is 5.09. The lowest BCUT2D eigenvalue weighted by atomic mass is 10.00. The van der Waals surface area contributed by atoms with Crippen LogP contribution in [0.25, 0.3) is 11.1 Å². The minimum atomic E-state index is -0.103. The van der Waals surface area contributed by atoms with E-state index in [-0.39, 0.29) is 18.5 Å². The van der Waals surface area contributed by atoms with Gasteiger partial charge in [0.2, 0.25) is 11.9 Å². The molecule has 1 saturated heterocycles. The number of nitrogens with zero attached hydrogens (tertiary/aromatic N) is 6. The fraction of sp³-hybridized carbons (Fsp3) is 0.333. The summed E-state index contributed by atoms with van der Waals surface area (Å²) in [6.45, 7) is 0.933. The smallest absolute Gasteiger partial charge is 0.244 e. The fourth-order valence-electron chi connectivity index (χ4n) is 3.71. The van der Waals surface area contributed by atoms with Gasteiger partial charge in [-0.15, -0.1) is 0 Å². The molecular formula is C21H23ClN6O. The normalized spacial score (nSPS) is 16.2. The second-order valence-corrected chi connectivity index (χ2v) is 7.76. The zero-order valence-corrected chi connectivity index (χ0v) is 17.3.